The van der Waals surface area contributed by atoms with Crippen molar-refractivity contribution in [3.8, 4) is 0 Å². The van der Waals surface area contributed by atoms with Crippen molar-refractivity contribution in [2.75, 3.05) is 12.4 Å². The zero-order chi connectivity index (χ0) is 15.8. The van der Waals surface area contributed by atoms with Crippen LogP contribution in [0.4, 0.5) is 0 Å². The molecule has 1 heterocycles. The van der Waals surface area contributed by atoms with E-state index >= 15 is 0 Å². The summed E-state index contributed by atoms with van der Waals surface area (Å²) >= 11 is 1.86. The Morgan fingerprint density at radius 1 is 1.43 bits per heavy atom. The Morgan fingerprint density at radius 3 is 2.67 bits per heavy atom. The molecule has 0 bridgehead atoms. The summed E-state index contributed by atoms with van der Waals surface area (Å²) in [5.74, 6) is 0.859. The maximum Gasteiger partial charge on any atom is 0.328 e. The first-order valence-electron chi connectivity index (χ1n) is 7.78. The van der Waals surface area contributed by atoms with Gasteiger partial charge in [-0.15, -0.1) is 0 Å². The van der Waals surface area contributed by atoms with Crippen LogP contribution < -0.4 is 11.1 Å². The van der Waals surface area contributed by atoms with E-state index in [2.05, 4.69) is 5.32 Å². The molecule has 3 unspecified atom stereocenters. The van der Waals surface area contributed by atoms with Gasteiger partial charge in [-0.2, -0.15) is 11.8 Å². The summed E-state index contributed by atoms with van der Waals surface area (Å²) in [6.45, 7) is 6.13. The van der Waals surface area contributed by atoms with Crippen molar-refractivity contribution in [3.63, 3.8) is 0 Å². The van der Waals surface area contributed by atoms with Crippen LogP contribution in [0, 0.1) is 5.92 Å². The minimum atomic E-state index is -0.578. The summed E-state index contributed by atoms with van der Waals surface area (Å²) in [7, 11) is 0. The van der Waals surface area contributed by atoms with Gasteiger partial charge in [0.1, 0.15) is 6.04 Å². The number of nitrogens with two attached hydrogens (primary N) is 1. The molecule has 6 heteroatoms. The summed E-state index contributed by atoms with van der Waals surface area (Å²) < 4.78 is 5.07. The SMILES string of the molecule is CCOC(=O)C(CC1CCCS1)NC(=O)C(N)CC(C)C. The van der Waals surface area contributed by atoms with Crippen LogP contribution in [0.5, 0.6) is 0 Å². The molecule has 3 N–H and O–H groups in total. The smallest absolute Gasteiger partial charge is 0.328 e. The van der Waals surface area contributed by atoms with Crippen molar-refractivity contribution in [1.29, 1.82) is 0 Å². The molecule has 0 aliphatic carbocycles. The first-order chi connectivity index (χ1) is 9.93. The van der Waals surface area contributed by atoms with Gasteiger partial charge in [0.2, 0.25) is 5.91 Å². The van der Waals surface area contributed by atoms with E-state index in [1.165, 1.54) is 6.42 Å². The Hall–Kier alpha value is -0.750. The van der Waals surface area contributed by atoms with E-state index < -0.39 is 12.1 Å². The lowest BCUT2D eigenvalue weighted by molar-refractivity contribution is -0.147. The summed E-state index contributed by atoms with van der Waals surface area (Å²) in [6.07, 6.45) is 3.50. The second kappa shape index (κ2) is 9.30. The maximum absolute atomic E-state index is 12.1. The third kappa shape index (κ3) is 6.70. The Morgan fingerprint density at radius 2 is 2.14 bits per heavy atom. The van der Waals surface area contributed by atoms with E-state index in [4.69, 9.17) is 10.5 Å². The second-order valence-electron chi connectivity index (χ2n) is 5.92. The lowest BCUT2D eigenvalue weighted by atomic mass is 10.0. The van der Waals surface area contributed by atoms with Gasteiger partial charge in [-0.05, 0) is 44.3 Å². The molecule has 0 aromatic heterocycles. The molecule has 0 radical (unpaired) electrons. The Labute approximate surface area is 131 Å². The zero-order valence-corrected chi connectivity index (χ0v) is 14.1. The molecular weight excluding hydrogens is 288 g/mol. The lowest BCUT2D eigenvalue weighted by Gasteiger charge is -2.22. The molecule has 0 saturated carbocycles. The van der Waals surface area contributed by atoms with Gasteiger partial charge in [0.25, 0.3) is 0 Å². The molecular formula is C15H28N2O3S. The number of esters is 1. The standard InChI is InChI=1S/C15H28N2O3S/c1-4-20-15(19)13(9-11-6-5-7-21-11)17-14(18)12(16)8-10(2)3/h10-13H,4-9,16H2,1-3H3,(H,17,18). The van der Waals surface area contributed by atoms with Crippen LogP contribution in [0.1, 0.15) is 46.5 Å². The van der Waals surface area contributed by atoms with Crippen molar-refractivity contribution < 1.29 is 14.3 Å². The summed E-state index contributed by atoms with van der Waals surface area (Å²) in [4.78, 5) is 24.1. The highest BCUT2D eigenvalue weighted by Gasteiger charge is 2.29. The molecule has 1 saturated heterocycles. The Balaban J connectivity index is 2.58. The first kappa shape index (κ1) is 18.3. The van der Waals surface area contributed by atoms with Gasteiger partial charge >= 0.3 is 5.97 Å². The summed E-state index contributed by atoms with van der Waals surface area (Å²) in [5.41, 5.74) is 5.88. The van der Waals surface area contributed by atoms with Crippen molar-refractivity contribution in [1.82, 2.24) is 5.32 Å². The fraction of sp³-hybridized carbons (Fsp3) is 0.867. The number of ether oxygens (including phenoxy) is 1. The molecule has 3 atom stereocenters. The van der Waals surface area contributed by atoms with Crippen LogP contribution in [-0.2, 0) is 14.3 Å². The van der Waals surface area contributed by atoms with Gasteiger partial charge in [0, 0.05) is 5.25 Å². The average molecular weight is 316 g/mol. The fourth-order valence-corrected chi connectivity index (χ4v) is 3.77. The molecule has 1 rings (SSSR count). The van der Waals surface area contributed by atoms with Crippen molar-refractivity contribution in [2.24, 2.45) is 11.7 Å². The lowest BCUT2D eigenvalue weighted by Crippen LogP contribution is -2.50. The maximum atomic E-state index is 12.1. The summed E-state index contributed by atoms with van der Waals surface area (Å²) in [6, 6.07) is -1.15. The number of hydrogen-bond donors (Lipinski definition) is 2. The van der Waals surface area contributed by atoms with Crippen molar-refractivity contribution in [2.45, 2.75) is 63.8 Å². The predicted octanol–water partition coefficient (Wildman–Crippen LogP) is 1.69. The second-order valence-corrected chi connectivity index (χ2v) is 7.33. The Kier molecular flexibility index (Phi) is 8.11. The molecule has 5 nitrogen and oxygen atoms in total. The van der Waals surface area contributed by atoms with Gasteiger partial charge < -0.3 is 15.8 Å². The van der Waals surface area contributed by atoms with Gasteiger partial charge in [0.05, 0.1) is 12.6 Å². The third-order valence-electron chi connectivity index (χ3n) is 3.47. The van der Waals surface area contributed by atoms with Crippen LogP contribution in [0.3, 0.4) is 0 Å². The van der Waals surface area contributed by atoms with Gasteiger partial charge in [-0.3, -0.25) is 4.79 Å². The van der Waals surface area contributed by atoms with Crippen LogP contribution in [0.15, 0.2) is 0 Å². The third-order valence-corrected chi connectivity index (χ3v) is 4.90. The van der Waals surface area contributed by atoms with Crippen molar-refractivity contribution >= 4 is 23.6 Å². The highest BCUT2D eigenvalue weighted by atomic mass is 32.2. The number of carbonyl (C=O) groups excluding carboxylic acids is 2. The number of rotatable bonds is 8. The minimum Gasteiger partial charge on any atom is -0.464 e. The van der Waals surface area contributed by atoms with Crippen molar-refractivity contribution in [3.05, 3.63) is 0 Å². The van der Waals surface area contributed by atoms with E-state index in [0.717, 1.165) is 12.2 Å². The Bertz CT molecular complexity index is 344. The largest absolute Gasteiger partial charge is 0.464 e. The van der Waals surface area contributed by atoms with Crippen LogP contribution in [-0.4, -0.2) is 41.6 Å². The number of amides is 1. The number of hydrogen-bond acceptors (Lipinski definition) is 5. The number of carbonyl (C=O) groups is 2. The normalized spacial score (nSPS) is 21.1. The van der Waals surface area contributed by atoms with Gasteiger partial charge in [0.15, 0.2) is 0 Å². The van der Waals surface area contributed by atoms with E-state index in [1.807, 2.05) is 25.6 Å². The number of thioether (sulfide) groups is 1. The topological polar surface area (TPSA) is 81.4 Å². The van der Waals surface area contributed by atoms with E-state index in [9.17, 15) is 9.59 Å². The fourth-order valence-electron chi connectivity index (χ4n) is 2.44. The molecule has 21 heavy (non-hydrogen) atoms. The molecule has 0 aromatic rings. The molecule has 1 aliphatic rings. The van der Waals surface area contributed by atoms with Crippen LogP contribution in [0.2, 0.25) is 0 Å². The van der Waals surface area contributed by atoms with Crippen LogP contribution in [0.25, 0.3) is 0 Å². The molecule has 1 aliphatic heterocycles. The number of nitrogens with one attached hydrogen (secondary N) is 1. The van der Waals surface area contributed by atoms with Gasteiger partial charge in [-0.25, -0.2) is 4.79 Å². The first-order valence-corrected chi connectivity index (χ1v) is 8.83. The minimum absolute atomic E-state index is 0.259. The highest BCUT2D eigenvalue weighted by Crippen LogP contribution is 2.29. The highest BCUT2D eigenvalue weighted by molar-refractivity contribution is 8.00. The summed E-state index contributed by atoms with van der Waals surface area (Å²) in [5, 5.41) is 3.20. The molecule has 0 spiro atoms. The van der Waals surface area contributed by atoms with Gasteiger partial charge in [-0.1, -0.05) is 13.8 Å². The van der Waals surface area contributed by atoms with E-state index in [0.29, 0.717) is 30.6 Å². The van der Waals surface area contributed by atoms with Crippen LogP contribution >= 0.6 is 11.8 Å². The molecule has 1 amide bonds. The quantitative estimate of drug-likeness (QED) is 0.666. The molecule has 1 fully saturated rings. The predicted molar refractivity (Wildman–Crippen MR) is 86.1 cm³/mol. The monoisotopic (exact) mass is 316 g/mol. The molecule has 122 valence electrons. The molecule has 0 aromatic carbocycles. The average Bonchev–Trinajstić information content (AvgIpc) is 2.90. The zero-order valence-electron chi connectivity index (χ0n) is 13.3. The van der Waals surface area contributed by atoms with E-state index in [1.54, 1.807) is 6.92 Å². The van der Waals surface area contributed by atoms with E-state index in [-0.39, 0.29) is 11.9 Å².